The van der Waals surface area contributed by atoms with Gasteiger partial charge in [-0.2, -0.15) is 0 Å². The minimum absolute atomic E-state index is 0.00834. The predicted octanol–water partition coefficient (Wildman–Crippen LogP) is 3.77. The van der Waals surface area contributed by atoms with Gasteiger partial charge in [0.05, 0.1) is 0 Å². The molecule has 4 nitrogen and oxygen atoms in total. The summed E-state index contributed by atoms with van der Waals surface area (Å²) >= 11 is 0. The average Bonchev–Trinajstić information content (AvgIpc) is 2.89. The Labute approximate surface area is 122 Å². The van der Waals surface area contributed by atoms with Gasteiger partial charge in [0.2, 0.25) is 5.91 Å². The molecule has 0 aliphatic rings. The molecule has 0 spiro atoms. The molecule has 0 unspecified atom stereocenters. The van der Waals surface area contributed by atoms with Crippen LogP contribution >= 0.6 is 0 Å². The van der Waals surface area contributed by atoms with Crippen LogP contribution in [-0.2, 0) is 11.2 Å². The van der Waals surface area contributed by atoms with E-state index in [1.54, 1.807) is 0 Å². The standard InChI is InChI=1S/C17H16N2O2/c1-2-16(20)18-13-7-5-6-12(10-13)11-17-19-14-8-3-4-9-15(14)21-17/h3-10H,2,11H2,1H3,(H,18,20). The number of rotatable bonds is 4. The molecule has 4 heteroatoms. The van der Waals surface area contributed by atoms with Gasteiger partial charge in [-0.05, 0) is 29.8 Å². The van der Waals surface area contributed by atoms with E-state index in [0.717, 1.165) is 22.4 Å². The molecule has 0 saturated heterocycles. The van der Waals surface area contributed by atoms with Gasteiger partial charge in [0, 0.05) is 18.5 Å². The number of nitrogens with zero attached hydrogens (tertiary/aromatic N) is 1. The van der Waals surface area contributed by atoms with Crippen molar-refractivity contribution in [3.63, 3.8) is 0 Å². The number of benzene rings is 2. The lowest BCUT2D eigenvalue weighted by Gasteiger charge is -2.05. The minimum atomic E-state index is 0.00834. The normalized spacial score (nSPS) is 10.7. The number of aromatic nitrogens is 1. The van der Waals surface area contributed by atoms with Crippen molar-refractivity contribution < 1.29 is 9.21 Å². The number of carbonyl (C=O) groups excluding carboxylic acids is 1. The van der Waals surface area contributed by atoms with Gasteiger partial charge >= 0.3 is 0 Å². The summed E-state index contributed by atoms with van der Waals surface area (Å²) in [5.41, 5.74) is 3.51. The third-order valence-corrected chi connectivity index (χ3v) is 3.23. The fraction of sp³-hybridized carbons (Fsp3) is 0.176. The zero-order valence-electron chi connectivity index (χ0n) is 11.8. The highest BCUT2D eigenvalue weighted by Gasteiger charge is 2.07. The highest BCUT2D eigenvalue weighted by atomic mass is 16.3. The monoisotopic (exact) mass is 280 g/mol. The number of fused-ring (bicyclic) bond motifs is 1. The maximum Gasteiger partial charge on any atom is 0.224 e. The second-order valence-electron chi connectivity index (χ2n) is 4.85. The summed E-state index contributed by atoms with van der Waals surface area (Å²) in [6, 6.07) is 15.4. The lowest BCUT2D eigenvalue weighted by molar-refractivity contribution is -0.115. The molecule has 1 N–H and O–H groups in total. The van der Waals surface area contributed by atoms with Crippen molar-refractivity contribution in [2.75, 3.05) is 5.32 Å². The Bertz CT molecular complexity index is 744. The van der Waals surface area contributed by atoms with E-state index < -0.39 is 0 Å². The number of nitrogens with one attached hydrogen (secondary N) is 1. The average molecular weight is 280 g/mol. The highest BCUT2D eigenvalue weighted by molar-refractivity contribution is 5.90. The molecule has 0 aliphatic heterocycles. The van der Waals surface area contributed by atoms with Crippen LogP contribution < -0.4 is 5.32 Å². The van der Waals surface area contributed by atoms with E-state index >= 15 is 0 Å². The summed E-state index contributed by atoms with van der Waals surface area (Å²) in [5, 5.41) is 2.85. The van der Waals surface area contributed by atoms with Gasteiger partial charge in [-0.25, -0.2) is 4.98 Å². The van der Waals surface area contributed by atoms with Crippen LogP contribution in [0.1, 0.15) is 24.8 Å². The number of amides is 1. The number of oxazole rings is 1. The molecule has 21 heavy (non-hydrogen) atoms. The Morgan fingerprint density at radius 1 is 1.19 bits per heavy atom. The molecule has 3 aromatic rings. The van der Waals surface area contributed by atoms with Crippen LogP contribution in [0.25, 0.3) is 11.1 Å². The van der Waals surface area contributed by atoms with Gasteiger partial charge in [0.25, 0.3) is 0 Å². The van der Waals surface area contributed by atoms with E-state index in [4.69, 9.17) is 4.42 Å². The van der Waals surface area contributed by atoms with Crippen molar-refractivity contribution in [1.82, 2.24) is 4.98 Å². The first-order valence-corrected chi connectivity index (χ1v) is 6.98. The van der Waals surface area contributed by atoms with E-state index in [1.807, 2.05) is 55.5 Å². The van der Waals surface area contributed by atoms with Gasteiger partial charge in [-0.1, -0.05) is 31.2 Å². The number of hydrogen-bond donors (Lipinski definition) is 1. The lowest BCUT2D eigenvalue weighted by atomic mass is 10.1. The third kappa shape index (κ3) is 3.11. The maximum absolute atomic E-state index is 11.4. The molecule has 106 valence electrons. The SMILES string of the molecule is CCC(=O)Nc1cccc(Cc2nc3ccccc3o2)c1. The van der Waals surface area contributed by atoms with Crippen molar-refractivity contribution in [3.8, 4) is 0 Å². The Morgan fingerprint density at radius 3 is 2.86 bits per heavy atom. The van der Waals surface area contributed by atoms with Gasteiger partial charge in [0.15, 0.2) is 11.5 Å². The molecule has 1 heterocycles. The van der Waals surface area contributed by atoms with E-state index in [1.165, 1.54) is 0 Å². The maximum atomic E-state index is 11.4. The first-order chi connectivity index (χ1) is 10.2. The fourth-order valence-corrected chi connectivity index (χ4v) is 2.18. The number of anilines is 1. The second-order valence-corrected chi connectivity index (χ2v) is 4.85. The summed E-state index contributed by atoms with van der Waals surface area (Å²) in [7, 11) is 0. The lowest BCUT2D eigenvalue weighted by Crippen LogP contribution is -2.09. The van der Waals surface area contributed by atoms with Crippen LogP contribution in [0.15, 0.2) is 52.9 Å². The fourth-order valence-electron chi connectivity index (χ4n) is 2.18. The van der Waals surface area contributed by atoms with Crippen molar-refractivity contribution >= 4 is 22.7 Å². The Balaban J connectivity index is 1.80. The molecular weight excluding hydrogens is 264 g/mol. The van der Waals surface area contributed by atoms with Crippen LogP contribution in [0.2, 0.25) is 0 Å². The van der Waals surface area contributed by atoms with Crippen LogP contribution in [0, 0.1) is 0 Å². The van der Waals surface area contributed by atoms with Gasteiger partial charge in [-0.15, -0.1) is 0 Å². The summed E-state index contributed by atoms with van der Waals surface area (Å²) in [6.07, 6.45) is 1.07. The van der Waals surface area contributed by atoms with Gasteiger partial charge < -0.3 is 9.73 Å². The summed E-state index contributed by atoms with van der Waals surface area (Å²) < 4.78 is 5.72. The smallest absolute Gasteiger partial charge is 0.224 e. The highest BCUT2D eigenvalue weighted by Crippen LogP contribution is 2.19. The Kier molecular flexibility index (Phi) is 3.69. The van der Waals surface area contributed by atoms with E-state index in [-0.39, 0.29) is 5.91 Å². The molecule has 3 rings (SSSR count). The molecule has 0 atom stereocenters. The first kappa shape index (κ1) is 13.4. The van der Waals surface area contributed by atoms with E-state index in [2.05, 4.69) is 10.3 Å². The van der Waals surface area contributed by atoms with Crippen molar-refractivity contribution in [3.05, 3.63) is 60.0 Å². The Hall–Kier alpha value is -2.62. The zero-order valence-corrected chi connectivity index (χ0v) is 11.8. The molecule has 0 saturated carbocycles. The number of para-hydroxylation sites is 2. The Morgan fingerprint density at radius 2 is 2.05 bits per heavy atom. The number of hydrogen-bond acceptors (Lipinski definition) is 3. The zero-order chi connectivity index (χ0) is 14.7. The van der Waals surface area contributed by atoms with Crippen LogP contribution in [0.4, 0.5) is 5.69 Å². The summed E-state index contributed by atoms with van der Waals surface area (Å²) in [5.74, 6) is 0.684. The van der Waals surface area contributed by atoms with Crippen LogP contribution in [0.3, 0.4) is 0 Å². The largest absolute Gasteiger partial charge is 0.440 e. The second kappa shape index (κ2) is 5.79. The predicted molar refractivity (Wildman–Crippen MR) is 82.2 cm³/mol. The third-order valence-electron chi connectivity index (χ3n) is 3.23. The molecule has 0 bridgehead atoms. The van der Waals surface area contributed by atoms with E-state index in [9.17, 15) is 4.79 Å². The summed E-state index contributed by atoms with van der Waals surface area (Å²) in [4.78, 5) is 15.9. The van der Waals surface area contributed by atoms with Crippen LogP contribution in [0.5, 0.6) is 0 Å². The number of carbonyl (C=O) groups is 1. The molecule has 2 aromatic carbocycles. The molecular formula is C17H16N2O2. The van der Waals surface area contributed by atoms with Crippen molar-refractivity contribution in [2.45, 2.75) is 19.8 Å². The molecule has 1 amide bonds. The van der Waals surface area contributed by atoms with E-state index in [0.29, 0.717) is 18.7 Å². The molecule has 1 aromatic heterocycles. The van der Waals surface area contributed by atoms with Crippen molar-refractivity contribution in [1.29, 1.82) is 0 Å². The van der Waals surface area contributed by atoms with Gasteiger partial charge in [0.1, 0.15) is 5.52 Å². The molecule has 0 radical (unpaired) electrons. The van der Waals surface area contributed by atoms with Crippen LogP contribution in [-0.4, -0.2) is 10.9 Å². The quantitative estimate of drug-likeness (QED) is 0.791. The van der Waals surface area contributed by atoms with Gasteiger partial charge in [-0.3, -0.25) is 4.79 Å². The first-order valence-electron chi connectivity index (χ1n) is 6.98. The topological polar surface area (TPSA) is 55.1 Å². The summed E-state index contributed by atoms with van der Waals surface area (Å²) in [6.45, 7) is 1.83. The molecule has 0 aliphatic carbocycles. The minimum Gasteiger partial charge on any atom is -0.440 e. The van der Waals surface area contributed by atoms with Crippen molar-refractivity contribution in [2.24, 2.45) is 0 Å². The molecule has 0 fully saturated rings.